The van der Waals surface area contributed by atoms with E-state index in [0.717, 1.165) is 16.0 Å². The van der Waals surface area contributed by atoms with Crippen LogP contribution in [0.25, 0.3) is 10.2 Å². The molecule has 4 nitrogen and oxygen atoms in total. The lowest BCUT2D eigenvalue weighted by Gasteiger charge is -2.00. The highest BCUT2D eigenvalue weighted by Gasteiger charge is 2.19. The van der Waals surface area contributed by atoms with Gasteiger partial charge in [-0.05, 0) is 41.8 Å². The van der Waals surface area contributed by atoms with E-state index >= 15 is 0 Å². The predicted octanol–water partition coefficient (Wildman–Crippen LogP) is 1.75. The van der Waals surface area contributed by atoms with Gasteiger partial charge in [-0.2, -0.15) is 0 Å². The van der Waals surface area contributed by atoms with Crippen molar-refractivity contribution in [2.75, 3.05) is 12.4 Å². The normalized spacial score (nSPS) is 10.8. The first kappa shape index (κ1) is 17.4. The zero-order valence-corrected chi connectivity index (χ0v) is 17.5. The monoisotopic (exact) mass is 493 g/mol. The fourth-order valence-corrected chi connectivity index (χ4v) is 7.04. The molecule has 1 amide bonds. The third-order valence-corrected chi connectivity index (χ3v) is 8.64. The Hall–Kier alpha value is -1.97. The van der Waals surface area contributed by atoms with Crippen molar-refractivity contribution in [3.8, 4) is 5.75 Å². The average molecular weight is 493 g/mol. The third kappa shape index (κ3) is 3.89. The number of thiophene rings is 1. The number of methoxy groups -OCH3 is 1. The molecular formula is C19H14IN2O2S2+. The highest BCUT2D eigenvalue weighted by atomic mass is 127. The first-order valence-electron chi connectivity index (χ1n) is 7.75. The summed E-state index contributed by atoms with van der Waals surface area (Å²) in [5.74, 6) is 0.650. The summed E-state index contributed by atoms with van der Waals surface area (Å²) in [6.07, 6.45) is 0. The van der Waals surface area contributed by atoms with Crippen molar-refractivity contribution < 1.29 is 30.7 Å². The fourth-order valence-electron chi connectivity index (χ4n) is 2.36. The Morgan fingerprint density at radius 3 is 2.88 bits per heavy atom. The minimum absolute atomic E-state index is 0.131. The first-order chi connectivity index (χ1) is 12.7. The number of hydrogen-bond donors (Lipinski definition) is 1. The van der Waals surface area contributed by atoms with Gasteiger partial charge in [0, 0.05) is 17.7 Å². The zero-order chi connectivity index (χ0) is 17.9. The van der Waals surface area contributed by atoms with Crippen molar-refractivity contribution >= 4 is 43.9 Å². The van der Waals surface area contributed by atoms with Gasteiger partial charge in [0.15, 0.2) is 8.70 Å². The van der Waals surface area contributed by atoms with Crippen LogP contribution in [0.1, 0.15) is 10.4 Å². The maximum atomic E-state index is 12.6. The molecule has 0 radical (unpaired) electrons. The molecule has 0 saturated heterocycles. The van der Waals surface area contributed by atoms with Gasteiger partial charge in [-0.15, -0.1) is 0 Å². The molecule has 2 heterocycles. The Morgan fingerprint density at radius 1 is 1.15 bits per heavy atom. The number of anilines is 1. The van der Waals surface area contributed by atoms with Crippen LogP contribution in [0.2, 0.25) is 0 Å². The van der Waals surface area contributed by atoms with E-state index in [1.807, 2.05) is 36.4 Å². The van der Waals surface area contributed by atoms with Crippen molar-refractivity contribution in [2.45, 2.75) is 0 Å². The summed E-state index contributed by atoms with van der Waals surface area (Å²) in [5, 5.41) is 5.60. The molecule has 0 aliphatic carbocycles. The SMILES string of the molecule is COc1ccc2nc(NC(=O)c3cccc([I+]c4cccs4)c3)sc2c1. The lowest BCUT2D eigenvalue weighted by molar-refractivity contribution is -0.591. The second kappa shape index (κ2) is 7.73. The predicted molar refractivity (Wildman–Crippen MR) is 102 cm³/mol. The van der Waals surface area contributed by atoms with E-state index in [1.165, 1.54) is 17.8 Å². The van der Waals surface area contributed by atoms with E-state index in [1.54, 1.807) is 18.4 Å². The molecule has 0 fully saturated rings. The van der Waals surface area contributed by atoms with Crippen molar-refractivity contribution in [3.05, 3.63) is 72.0 Å². The van der Waals surface area contributed by atoms with Crippen molar-refractivity contribution in [1.82, 2.24) is 4.98 Å². The number of carbonyl (C=O) groups is 1. The Labute approximate surface area is 169 Å². The number of nitrogens with one attached hydrogen (secondary N) is 1. The molecule has 2 aromatic carbocycles. The summed E-state index contributed by atoms with van der Waals surface area (Å²) in [6, 6.07) is 17.8. The van der Waals surface area contributed by atoms with Gasteiger partial charge in [0.1, 0.15) is 5.75 Å². The second-order valence-electron chi connectivity index (χ2n) is 5.33. The van der Waals surface area contributed by atoms with Gasteiger partial charge >= 0.3 is 21.2 Å². The van der Waals surface area contributed by atoms with Crippen LogP contribution in [-0.2, 0) is 0 Å². The van der Waals surface area contributed by atoms with E-state index in [0.29, 0.717) is 10.7 Å². The Kier molecular flexibility index (Phi) is 5.18. The van der Waals surface area contributed by atoms with Crippen molar-refractivity contribution in [3.63, 3.8) is 0 Å². The van der Waals surface area contributed by atoms with Gasteiger partial charge in [0.25, 0.3) is 5.91 Å². The molecule has 0 bridgehead atoms. The Balaban J connectivity index is 1.52. The van der Waals surface area contributed by atoms with E-state index in [2.05, 4.69) is 33.9 Å². The molecular weight excluding hydrogens is 479 g/mol. The molecule has 2 aromatic heterocycles. The van der Waals surface area contributed by atoms with Crippen LogP contribution in [0.3, 0.4) is 0 Å². The summed E-state index contributed by atoms with van der Waals surface area (Å²) in [7, 11) is 1.64. The number of thiazole rings is 1. The molecule has 1 N–H and O–H groups in total. The molecule has 0 unspecified atom stereocenters. The number of ether oxygens (including phenoxy) is 1. The lowest BCUT2D eigenvalue weighted by Crippen LogP contribution is -3.61. The first-order valence-corrected chi connectivity index (χ1v) is 11.6. The molecule has 0 aliphatic rings. The van der Waals surface area contributed by atoms with Gasteiger partial charge in [-0.25, -0.2) is 4.98 Å². The molecule has 0 atom stereocenters. The van der Waals surface area contributed by atoms with E-state index in [4.69, 9.17) is 4.74 Å². The van der Waals surface area contributed by atoms with Gasteiger partial charge in [0.05, 0.1) is 17.3 Å². The third-order valence-electron chi connectivity index (χ3n) is 3.59. The van der Waals surface area contributed by atoms with Gasteiger partial charge in [-0.3, -0.25) is 10.1 Å². The maximum Gasteiger partial charge on any atom is 0.369 e. The average Bonchev–Trinajstić information content (AvgIpc) is 3.30. The minimum Gasteiger partial charge on any atom is -0.497 e. The second-order valence-corrected chi connectivity index (χ2v) is 11.0. The fraction of sp³-hybridized carbons (Fsp3) is 0.0526. The van der Waals surface area contributed by atoms with Crippen LogP contribution < -0.4 is 31.3 Å². The summed E-state index contributed by atoms with van der Waals surface area (Å²) < 4.78 is 8.84. The van der Waals surface area contributed by atoms with Crippen LogP contribution in [0.4, 0.5) is 5.13 Å². The number of hydrogen-bond acceptors (Lipinski definition) is 5. The van der Waals surface area contributed by atoms with Gasteiger partial charge < -0.3 is 4.74 Å². The van der Waals surface area contributed by atoms with Gasteiger partial charge in [-0.1, -0.05) is 28.7 Å². The zero-order valence-electron chi connectivity index (χ0n) is 13.7. The highest BCUT2D eigenvalue weighted by Crippen LogP contribution is 2.29. The smallest absolute Gasteiger partial charge is 0.369 e. The quantitative estimate of drug-likeness (QED) is 0.432. The van der Waals surface area contributed by atoms with Gasteiger partial charge in [0.2, 0.25) is 2.88 Å². The molecule has 4 rings (SSSR count). The number of aromatic nitrogens is 1. The summed E-state index contributed by atoms with van der Waals surface area (Å²) in [6.45, 7) is 0. The molecule has 7 heteroatoms. The lowest BCUT2D eigenvalue weighted by atomic mass is 10.2. The number of halogens is 1. The van der Waals surface area contributed by atoms with Crippen LogP contribution >= 0.6 is 22.7 Å². The van der Waals surface area contributed by atoms with Crippen molar-refractivity contribution in [1.29, 1.82) is 0 Å². The number of rotatable bonds is 5. The molecule has 0 saturated carbocycles. The Morgan fingerprint density at radius 2 is 2.08 bits per heavy atom. The van der Waals surface area contributed by atoms with E-state index < -0.39 is 0 Å². The number of nitrogens with zero attached hydrogens (tertiary/aromatic N) is 1. The number of carbonyl (C=O) groups excluding carboxylic acids is 1. The Bertz CT molecular complexity index is 1060. The van der Waals surface area contributed by atoms with Crippen LogP contribution in [0.5, 0.6) is 5.75 Å². The molecule has 130 valence electrons. The largest absolute Gasteiger partial charge is 0.497 e. The van der Waals surface area contributed by atoms with Crippen molar-refractivity contribution in [2.24, 2.45) is 0 Å². The van der Waals surface area contributed by atoms with Crippen LogP contribution in [0.15, 0.2) is 60.0 Å². The van der Waals surface area contributed by atoms with Crippen LogP contribution in [0, 0.1) is 6.45 Å². The molecule has 4 aromatic rings. The standard InChI is InChI=1S/C19H13IN2O2S2/c1-24-14-7-8-15-16(11-14)26-19(21-15)22-18(23)12-4-2-5-13(10-12)20-17-6-3-9-25-17/h2-11H,1H3/p+1. The molecule has 0 aliphatic heterocycles. The van der Waals surface area contributed by atoms with E-state index in [9.17, 15) is 4.79 Å². The highest BCUT2D eigenvalue weighted by molar-refractivity contribution is 7.22. The number of amides is 1. The maximum absolute atomic E-state index is 12.6. The topological polar surface area (TPSA) is 51.2 Å². The number of benzene rings is 2. The van der Waals surface area contributed by atoms with E-state index in [-0.39, 0.29) is 27.1 Å². The van der Waals surface area contributed by atoms with Crippen LogP contribution in [-0.4, -0.2) is 18.0 Å². The summed E-state index contributed by atoms with van der Waals surface area (Å²) >= 11 is 2.97. The minimum atomic E-state index is -0.247. The molecule has 0 spiro atoms. The summed E-state index contributed by atoms with van der Waals surface area (Å²) in [5.41, 5.74) is 1.51. The molecule has 26 heavy (non-hydrogen) atoms. The summed E-state index contributed by atoms with van der Waals surface area (Å²) in [4.78, 5) is 17.1. The number of fused-ring (bicyclic) bond motifs is 1.